The Labute approximate surface area is 200 Å². The molecule has 0 aliphatic rings. The lowest BCUT2D eigenvalue weighted by Crippen LogP contribution is -2.23. The number of hydrogen-bond acceptors (Lipinski definition) is 6. The van der Waals surface area contributed by atoms with Crippen LogP contribution < -0.4 is 15.6 Å². The molecule has 0 saturated heterocycles. The first kappa shape index (κ1) is 23.1. The van der Waals surface area contributed by atoms with Crippen LogP contribution in [-0.2, 0) is 11.2 Å². The average Bonchev–Trinajstić information content (AvgIpc) is 3.11. The first-order valence-electron chi connectivity index (χ1n) is 10.6. The largest absolute Gasteiger partial charge is 0.497 e. The average molecular weight is 480 g/mol. The summed E-state index contributed by atoms with van der Waals surface area (Å²) in [6, 6.07) is 15.1. The van der Waals surface area contributed by atoms with E-state index in [0.29, 0.717) is 26.8 Å². The van der Waals surface area contributed by atoms with Gasteiger partial charge in [-0.25, -0.2) is 4.98 Å². The lowest BCUT2D eigenvalue weighted by Gasteiger charge is -2.13. The van der Waals surface area contributed by atoms with Crippen molar-refractivity contribution in [2.45, 2.75) is 32.3 Å². The van der Waals surface area contributed by atoms with Crippen LogP contribution >= 0.6 is 23.1 Å². The molecule has 8 heteroatoms. The molecule has 0 bridgehead atoms. The normalized spacial score (nSPS) is 11.0. The molecule has 4 aromatic rings. The molecule has 2 heterocycles. The highest BCUT2D eigenvalue weighted by Crippen LogP contribution is 2.30. The predicted octanol–water partition coefficient (Wildman–Crippen LogP) is 5.37. The number of amides is 1. The number of aryl methyl sites for hydroxylation is 3. The van der Waals surface area contributed by atoms with E-state index in [1.165, 1.54) is 28.7 Å². The maximum absolute atomic E-state index is 13.5. The zero-order valence-electron chi connectivity index (χ0n) is 19.0. The van der Waals surface area contributed by atoms with Gasteiger partial charge in [-0.2, -0.15) is 0 Å². The lowest BCUT2D eigenvalue weighted by molar-refractivity contribution is -0.113. The molecule has 0 saturated carbocycles. The van der Waals surface area contributed by atoms with Crippen molar-refractivity contribution < 1.29 is 9.53 Å². The number of carbonyl (C=O) groups is 1. The van der Waals surface area contributed by atoms with Crippen molar-refractivity contribution in [1.29, 1.82) is 0 Å². The fourth-order valence-electron chi connectivity index (χ4n) is 3.51. The SMILES string of the molecule is CCc1ccc(-n2c(SCC(=O)Nc3cccc(OC)c3)nc3sc(C)c(C)c3c2=O)cc1. The summed E-state index contributed by atoms with van der Waals surface area (Å²) in [4.78, 5) is 32.7. The maximum Gasteiger partial charge on any atom is 0.267 e. The summed E-state index contributed by atoms with van der Waals surface area (Å²) >= 11 is 2.75. The smallest absolute Gasteiger partial charge is 0.267 e. The number of ether oxygens (including phenoxy) is 1. The van der Waals surface area contributed by atoms with Gasteiger partial charge in [0.15, 0.2) is 5.16 Å². The van der Waals surface area contributed by atoms with Crippen LogP contribution in [0.2, 0.25) is 0 Å². The van der Waals surface area contributed by atoms with Crippen LogP contribution in [0.4, 0.5) is 5.69 Å². The Morgan fingerprint density at radius 2 is 1.94 bits per heavy atom. The number of aromatic nitrogens is 2. The van der Waals surface area contributed by atoms with Gasteiger partial charge in [0.2, 0.25) is 5.91 Å². The van der Waals surface area contributed by atoms with E-state index in [1.54, 1.807) is 23.8 Å². The Bertz CT molecular complexity index is 1370. The fraction of sp³-hybridized carbons (Fsp3) is 0.240. The number of methoxy groups -OCH3 is 1. The van der Waals surface area contributed by atoms with E-state index in [0.717, 1.165) is 22.5 Å². The molecule has 0 atom stereocenters. The predicted molar refractivity (Wildman–Crippen MR) is 136 cm³/mol. The molecule has 33 heavy (non-hydrogen) atoms. The quantitative estimate of drug-likeness (QED) is 0.285. The van der Waals surface area contributed by atoms with Crippen LogP contribution in [0.1, 0.15) is 22.9 Å². The van der Waals surface area contributed by atoms with Gasteiger partial charge in [-0.05, 0) is 55.7 Å². The molecule has 1 N–H and O–H groups in total. The second kappa shape index (κ2) is 9.80. The highest BCUT2D eigenvalue weighted by Gasteiger charge is 2.19. The van der Waals surface area contributed by atoms with Crippen LogP contribution in [0.25, 0.3) is 15.9 Å². The van der Waals surface area contributed by atoms with Crippen LogP contribution in [0.5, 0.6) is 5.75 Å². The van der Waals surface area contributed by atoms with E-state index in [1.807, 2.05) is 50.2 Å². The summed E-state index contributed by atoms with van der Waals surface area (Å²) in [7, 11) is 1.58. The van der Waals surface area contributed by atoms with Gasteiger partial charge in [-0.3, -0.25) is 14.2 Å². The number of thioether (sulfide) groups is 1. The van der Waals surface area contributed by atoms with Gasteiger partial charge in [0.05, 0.1) is 23.9 Å². The van der Waals surface area contributed by atoms with E-state index in [-0.39, 0.29) is 17.2 Å². The highest BCUT2D eigenvalue weighted by molar-refractivity contribution is 7.99. The van der Waals surface area contributed by atoms with Crippen LogP contribution in [0, 0.1) is 13.8 Å². The van der Waals surface area contributed by atoms with Crippen molar-refractivity contribution >= 4 is 44.9 Å². The topological polar surface area (TPSA) is 73.2 Å². The van der Waals surface area contributed by atoms with Gasteiger partial charge in [0, 0.05) is 16.6 Å². The van der Waals surface area contributed by atoms with Gasteiger partial charge in [0.25, 0.3) is 5.56 Å². The van der Waals surface area contributed by atoms with Gasteiger partial charge in [-0.1, -0.05) is 36.9 Å². The molecule has 1 amide bonds. The van der Waals surface area contributed by atoms with Gasteiger partial charge in [-0.15, -0.1) is 11.3 Å². The molecule has 0 aliphatic heterocycles. The number of anilines is 1. The molecule has 170 valence electrons. The molecule has 0 spiro atoms. The highest BCUT2D eigenvalue weighted by atomic mass is 32.2. The standard InChI is InChI=1S/C25H25N3O3S2/c1-5-17-9-11-19(12-10-17)28-24(30)22-15(2)16(3)33-23(22)27-25(28)32-14-21(29)26-18-7-6-8-20(13-18)31-4/h6-13H,5,14H2,1-4H3,(H,26,29). The third kappa shape index (κ3) is 4.82. The summed E-state index contributed by atoms with van der Waals surface area (Å²) in [6.07, 6.45) is 0.918. The van der Waals surface area contributed by atoms with E-state index in [9.17, 15) is 9.59 Å². The van der Waals surface area contributed by atoms with Crippen molar-refractivity contribution in [3.63, 3.8) is 0 Å². The third-order valence-electron chi connectivity index (χ3n) is 5.46. The van der Waals surface area contributed by atoms with Crippen LogP contribution in [0.15, 0.2) is 58.5 Å². The molecule has 4 rings (SSSR count). The van der Waals surface area contributed by atoms with E-state index in [2.05, 4.69) is 12.2 Å². The number of fused-ring (bicyclic) bond motifs is 1. The summed E-state index contributed by atoms with van der Waals surface area (Å²) in [6.45, 7) is 6.04. The number of nitrogens with one attached hydrogen (secondary N) is 1. The number of benzene rings is 2. The Morgan fingerprint density at radius 3 is 2.64 bits per heavy atom. The molecule has 2 aromatic heterocycles. The van der Waals surface area contributed by atoms with E-state index < -0.39 is 0 Å². The number of carbonyl (C=O) groups excluding carboxylic acids is 1. The molecule has 2 aromatic carbocycles. The van der Waals surface area contributed by atoms with Gasteiger partial charge in [0.1, 0.15) is 10.6 Å². The Kier molecular flexibility index (Phi) is 6.85. The van der Waals surface area contributed by atoms with Crippen molar-refractivity contribution in [2.75, 3.05) is 18.2 Å². The first-order chi connectivity index (χ1) is 15.9. The Morgan fingerprint density at radius 1 is 1.18 bits per heavy atom. The molecular formula is C25H25N3O3S2. The number of rotatable bonds is 7. The zero-order valence-corrected chi connectivity index (χ0v) is 20.6. The third-order valence-corrected chi connectivity index (χ3v) is 7.50. The first-order valence-corrected chi connectivity index (χ1v) is 12.4. The minimum atomic E-state index is -0.186. The van der Waals surface area contributed by atoms with Crippen molar-refractivity contribution in [3.8, 4) is 11.4 Å². The molecule has 0 aliphatic carbocycles. The van der Waals surface area contributed by atoms with Crippen LogP contribution in [0.3, 0.4) is 0 Å². The summed E-state index contributed by atoms with van der Waals surface area (Å²) in [5.41, 5.74) is 3.43. The summed E-state index contributed by atoms with van der Waals surface area (Å²) in [5, 5.41) is 4.01. The zero-order chi connectivity index (χ0) is 23.5. The van der Waals surface area contributed by atoms with E-state index in [4.69, 9.17) is 9.72 Å². The Balaban J connectivity index is 1.68. The second-order valence-electron chi connectivity index (χ2n) is 7.59. The number of thiophene rings is 1. The monoisotopic (exact) mass is 479 g/mol. The van der Waals surface area contributed by atoms with E-state index >= 15 is 0 Å². The minimum Gasteiger partial charge on any atom is -0.497 e. The number of hydrogen-bond donors (Lipinski definition) is 1. The Hall–Kier alpha value is -3.10. The van der Waals surface area contributed by atoms with Crippen molar-refractivity contribution in [3.05, 3.63) is 74.9 Å². The minimum absolute atomic E-state index is 0.109. The summed E-state index contributed by atoms with van der Waals surface area (Å²) < 4.78 is 6.82. The van der Waals surface area contributed by atoms with Crippen molar-refractivity contribution in [2.24, 2.45) is 0 Å². The summed E-state index contributed by atoms with van der Waals surface area (Å²) in [5.74, 6) is 0.598. The molecule has 0 unspecified atom stereocenters. The van der Waals surface area contributed by atoms with Gasteiger partial charge >= 0.3 is 0 Å². The van der Waals surface area contributed by atoms with Crippen LogP contribution in [-0.4, -0.2) is 28.3 Å². The molecule has 0 radical (unpaired) electrons. The fourth-order valence-corrected chi connectivity index (χ4v) is 5.39. The van der Waals surface area contributed by atoms with Gasteiger partial charge < -0.3 is 10.1 Å². The van der Waals surface area contributed by atoms with Crippen molar-refractivity contribution in [1.82, 2.24) is 9.55 Å². The number of nitrogens with zero attached hydrogens (tertiary/aromatic N) is 2. The second-order valence-corrected chi connectivity index (χ2v) is 9.73. The molecule has 0 fully saturated rings. The molecule has 6 nitrogen and oxygen atoms in total. The maximum atomic E-state index is 13.5. The lowest BCUT2D eigenvalue weighted by atomic mass is 10.1. The molecular weight excluding hydrogens is 454 g/mol.